The predicted molar refractivity (Wildman–Crippen MR) is 88.8 cm³/mol. The second-order valence-corrected chi connectivity index (χ2v) is 6.14. The Labute approximate surface area is 129 Å². The molecule has 1 heterocycles. The third-order valence-corrected chi connectivity index (χ3v) is 4.10. The number of hydrogen-bond donors (Lipinski definition) is 1. The Balaban J connectivity index is 1.70. The number of likely N-dealkylation sites (tertiary alicyclic amines) is 1. The monoisotopic (exact) mass is 290 g/mol. The van der Waals surface area contributed by atoms with Crippen LogP contribution in [0.2, 0.25) is 0 Å². The quantitative estimate of drug-likeness (QED) is 0.795. The fourth-order valence-electron chi connectivity index (χ4n) is 3.05. The second-order valence-electron chi connectivity index (χ2n) is 6.14. The van der Waals surface area contributed by atoms with Gasteiger partial charge in [-0.05, 0) is 51.4 Å². The summed E-state index contributed by atoms with van der Waals surface area (Å²) in [6, 6.07) is 8.31. The van der Waals surface area contributed by atoms with Gasteiger partial charge >= 0.3 is 0 Å². The smallest absolute Gasteiger partial charge is 0.123 e. The third-order valence-electron chi connectivity index (χ3n) is 4.10. The first-order valence-electron chi connectivity index (χ1n) is 8.43. The normalized spacial score (nSPS) is 17.6. The van der Waals surface area contributed by atoms with Gasteiger partial charge in [-0.25, -0.2) is 0 Å². The Kier molecular flexibility index (Phi) is 7.04. The highest BCUT2D eigenvalue weighted by molar-refractivity contribution is 5.33. The van der Waals surface area contributed by atoms with E-state index in [4.69, 9.17) is 4.74 Å². The van der Waals surface area contributed by atoms with Crippen LogP contribution in [0.3, 0.4) is 0 Å². The van der Waals surface area contributed by atoms with E-state index < -0.39 is 0 Å². The minimum atomic E-state index is 0.697. The maximum Gasteiger partial charge on any atom is 0.123 e. The SMILES string of the molecule is CCOc1ccccc1CNCC(C)CN1CCCCC1. The summed E-state index contributed by atoms with van der Waals surface area (Å²) in [7, 11) is 0. The Morgan fingerprint density at radius 1 is 1.19 bits per heavy atom. The zero-order valence-corrected chi connectivity index (χ0v) is 13.6. The van der Waals surface area contributed by atoms with Gasteiger partial charge in [0.2, 0.25) is 0 Å². The summed E-state index contributed by atoms with van der Waals surface area (Å²) in [4.78, 5) is 2.62. The van der Waals surface area contributed by atoms with Crippen LogP contribution in [0.4, 0.5) is 0 Å². The molecule has 0 radical (unpaired) electrons. The highest BCUT2D eigenvalue weighted by Crippen LogP contribution is 2.17. The lowest BCUT2D eigenvalue weighted by Crippen LogP contribution is -2.36. The van der Waals surface area contributed by atoms with E-state index in [0.717, 1.165) is 25.4 Å². The molecule has 0 saturated carbocycles. The van der Waals surface area contributed by atoms with Gasteiger partial charge in [-0.3, -0.25) is 0 Å². The Morgan fingerprint density at radius 2 is 1.95 bits per heavy atom. The van der Waals surface area contributed by atoms with Gasteiger partial charge in [0.1, 0.15) is 5.75 Å². The molecule has 3 nitrogen and oxygen atoms in total. The second kappa shape index (κ2) is 9.06. The molecule has 1 unspecified atom stereocenters. The molecule has 2 rings (SSSR count). The molecule has 118 valence electrons. The summed E-state index contributed by atoms with van der Waals surface area (Å²) < 4.78 is 5.67. The Hall–Kier alpha value is -1.06. The number of piperidine rings is 1. The van der Waals surface area contributed by atoms with Crippen molar-refractivity contribution in [3.05, 3.63) is 29.8 Å². The lowest BCUT2D eigenvalue weighted by Gasteiger charge is -2.29. The number of nitrogens with one attached hydrogen (secondary N) is 1. The summed E-state index contributed by atoms with van der Waals surface area (Å²) in [5.41, 5.74) is 1.25. The van der Waals surface area contributed by atoms with Crippen molar-refractivity contribution >= 4 is 0 Å². The summed E-state index contributed by atoms with van der Waals surface area (Å²) in [6.45, 7) is 10.9. The summed E-state index contributed by atoms with van der Waals surface area (Å²) in [5.74, 6) is 1.71. The molecule has 0 aliphatic carbocycles. The molecule has 1 saturated heterocycles. The lowest BCUT2D eigenvalue weighted by atomic mass is 10.1. The van der Waals surface area contributed by atoms with Crippen LogP contribution in [-0.2, 0) is 6.54 Å². The number of ether oxygens (including phenoxy) is 1. The first kappa shape index (κ1) is 16.3. The Bertz CT molecular complexity index is 402. The molecule has 1 fully saturated rings. The van der Waals surface area contributed by atoms with E-state index in [-0.39, 0.29) is 0 Å². The molecule has 1 aromatic carbocycles. The maximum absolute atomic E-state index is 5.67. The van der Waals surface area contributed by atoms with E-state index in [9.17, 15) is 0 Å². The van der Waals surface area contributed by atoms with Gasteiger partial charge in [0, 0.05) is 18.7 Å². The van der Waals surface area contributed by atoms with Gasteiger partial charge in [-0.15, -0.1) is 0 Å². The summed E-state index contributed by atoms with van der Waals surface area (Å²) >= 11 is 0. The van der Waals surface area contributed by atoms with Crippen molar-refractivity contribution in [3.8, 4) is 5.75 Å². The molecule has 1 atom stereocenters. The number of hydrogen-bond acceptors (Lipinski definition) is 3. The average Bonchev–Trinajstić information content (AvgIpc) is 2.50. The van der Waals surface area contributed by atoms with Crippen molar-refractivity contribution in [1.29, 1.82) is 0 Å². The van der Waals surface area contributed by atoms with Crippen molar-refractivity contribution in [2.45, 2.75) is 39.7 Å². The van der Waals surface area contributed by atoms with Gasteiger partial charge in [0.05, 0.1) is 6.61 Å². The van der Waals surface area contributed by atoms with Gasteiger partial charge in [-0.1, -0.05) is 31.5 Å². The van der Waals surface area contributed by atoms with Gasteiger partial charge in [0.15, 0.2) is 0 Å². The topological polar surface area (TPSA) is 24.5 Å². The van der Waals surface area contributed by atoms with E-state index in [2.05, 4.69) is 35.3 Å². The molecule has 1 N–H and O–H groups in total. The van der Waals surface area contributed by atoms with Gasteiger partial charge in [0.25, 0.3) is 0 Å². The predicted octanol–water partition coefficient (Wildman–Crippen LogP) is 3.30. The Morgan fingerprint density at radius 3 is 2.71 bits per heavy atom. The van der Waals surface area contributed by atoms with Crippen LogP contribution >= 0.6 is 0 Å². The largest absolute Gasteiger partial charge is 0.494 e. The number of benzene rings is 1. The molecule has 1 aromatic rings. The van der Waals surface area contributed by atoms with Crippen molar-refractivity contribution < 1.29 is 4.74 Å². The van der Waals surface area contributed by atoms with Crippen LogP contribution in [0.5, 0.6) is 5.75 Å². The number of rotatable bonds is 8. The molecule has 1 aliphatic heterocycles. The van der Waals surface area contributed by atoms with Crippen LogP contribution in [0.25, 0.3) is 0 Å². The van der Waals surface area contributed by atoms with Crippen molar-refractivity contribution in [3.63, 3.8) is 0 Å². The fourth-order valence-corrected chi connectivity index (χ4v) is 3.05. The molecule has 0 bridgehead atoms. The molecule has 21 heavy (non-hydrogen) atoms. The molecule has 0 spiro atoms. The van der Waals surface area contributed by atoms with E-state index in [1.807, 2.05) is 13.0 Å². The molecular formula is C18H30N2O. The van der Waals surface area contributed by atoms with E-state index in [1.54, 1.807) is 0 Å². The van der Waals surface area contributed by atoms with E-state index in [0.29, 0.717) is 5.92 Å². The molecule has 0 amide bonds. The van der Waals surface area contributed by atoms with Crippen molar-refractivity contribution in [2.75, 3.05) is 32.8 Å². The van der Waals surface area contributed by atoms with Crippen LogP contribution < -0.4 is 10.1 Å². The first-order chi connectivity index (χ1) is 10.3. The molecule has 0 aromatic heterocycles. The summed E-state index contributed by atoms with van der Waals surface area (Å²) in [5, 5.41) is 3.58. The van der Waals surface area contributed by atoms with Crippen LogP contribution in [0.1, 0.15) is 38.7 Å². The highest BCUT2D eigenvalue weighted by Gasteiger charge is 2.13. The van der Waals surface area contributed by atoms with Crippen LogP contribution in [0.15, 0.2) is 24.3 Å². The average molecular weight is 290 g/mol. The van der Waals surface area contributed by atoms with Crippen molar-refractivity contribution in [1.82, 2.24) is 10.2 Å². The van der Waals surface area contributed by atoms with E-state index in [1.165, 1.54) is 44.5 Å². The standard InChI is InChI=1S/C18H30N2O/c1-3-21-18-10-6-5-9-17(18)14-19-13-16(2)15-20-11-7-4-8-12-20/h5-6,9-10,16,19H,3-4,7-8,11-15H2,1-2H3. The zero-order chi connectivity index (χ0) is 14.9. The molecular weight excluding hydrogens is 260 g/mol. The third kappa shape index (κ3) is 5.68. The van der Waals surface area contributed by atoms with Gasteiger partial charge in [-0.2, -0.15) is 0 Å². The van der Waals surface area contributed by atoms with E-state index >= 15 is 0 Å². The van der Waals surface area contributed by atoms with Crippen LogP contribution in [0, 0.1) is 5.92 Å². The lowest BCUT2D eigenvalue weighted by molar-refractivity contribution is 0.199. The maximum atomic E-state index is 5.67. The fraction of sp³-hybridized carbons (Fsp3) is 0.667. The summed E-state index contributed by atoms with van der Waals surface area (Å²) in [6.07, 6.45) is 4.17. The molecule has 1 aliphatic rings. The minimum Gasteiger partial charge on any atom is -0.494 e. The number of nitrogens with zero attached hydrogens (tertiary/aromatic N) is 1. The minimum absolute atomic E-state index is 0.697. The van der Waals surface area contributed by atoms with Crippen molar-refractivity contribution in [2.24, 2.45) is 5.92 Å². The first-order valence-corrected chi connectivity index (χ1v) is 8.43. The van der Waals surface area contributed by atoms with Gasteiger partial charge < -0.3 is 15.0 Å². The molecule has 3 heteroatoms. The highest BCUT2D eigenvalue weighted by atomic mass is 16.5. The number of para-hydroxylation sites is 1. The van der Waals surface area contributed by atoms with Crippen LogP contribution in [-0.4, -0.2) is 37.7 Å². The zero-order valence-electron chi connectivity index (χ0n) is 13.6.